The van der Waals surface area contributed by atoms with Crippen molar-refractivity contribution in [3.05, 3.63) is 63.7 Å². The van der Waals surface area contributed by atoms with E-state index in [0.29, 0.717) is 0 Å². The predicted octanol–water partition coefficient (Wildman–Crippen LogP) is 2.83. The topological polar surface area (TPSA) is 111 Å². The molecule has 8 nitrogen and oxygen atoms in total. The van der Waals surface area contributed by atoms with Crippen LogP contribution in [0.5, 0.6) is 5.75 Å². The quantitative estimate of drug-likeness (QED) is 0.440. The highest BCUT2D eigenvalue weighted by molar-refractivity contribution is 5.98. The SMILES string of the molecule is COc1cc(N)c([N+](=O)[O-])cc1C(=O)NC1CCN(Cc2ccccc2)CC1C. The van der Waals surface area contributed by atoms with Gasteiger partial charge in [0.05, 0.1) is 17.6 Å². The van der Waals surface area contributed by atoms with Crippen molar-refractivity contribution in [2.45, 2.75) is 25.9 Å². The number of rotatable bonds is 6. The van der Waals surface area contributed by atoms with Crippen molar-refractivity contribution in [3.8, 4) is 5.75 Å². The lowest BCUT2D eigenvalue weighted by Crippen LogP contribution is -2.49. The van der Waals surface area contributed by atoms with Crippen LogP contribution in [-0.2, 0) is 6.54 Å². The van der Waals surface area contributed by atoms with Crippen LogP contribution in [0.2, 0.25) is 0 Å². The standard InChI is InChI=1S/C21H26N4O4/c1-14-12-24(13-15-6-4-3-5-7-15)9-8-18(14)23-21(26)16-10-19(25(27)28)17(22)11-20(16)29-2/h3-7,10-11,14,18H,8-9,12-13,22H2,1-2H3,(H,23,26). The molecule has 1 fully saturated rings. The molecule has 3 rings (SSSR count). The molecular formula is C21H26N4O4. The van der Waals surface area contributed by atoms with Crippen LogP contribution in [0.15, 0.2) is 42.5 Å². The molecule has 2 atom stereocenters. The van der Waals surface area contributed by atoms with Gasteiger partial charge in [-0.1, -0.05) is 37.3 Å². The second-order valence-electron chi connectivity index (χ2n) is 7.44. The third kappa shape index (κ3) is 4.83. The molecule has 3 N–H and O–H groups in total. The van der Waals surface area contributed by atoms with E-state index in [2.05, 4.69) is 29.3 Å². The van der Waals surface area contributed by atoms with Gasteiger partial charge in [0.15, 0.2) is 0 Å². The Labute approximate surface area is 169 Å². The molecule has 1 aliphatic rings. The monoisotopic (exact) mass is 398 g/mol. The number of nitrogens with two attached hydrogens (primary N) is 1. The van der Waals surface area contributed by atoms with E-state index in [-0.39, 0.29) is 34.6 Å². The maximum atomic E-state index is 12.8. The number of benzene rings is 2. The normalized spacial score (nSPS) is 19.5. The van der Waals surface area contributed by atoms with Crippen molar-refractivity contribution < 1.29 is 14.5 Å². The molecule has 2 aromatic carbocycles. The number of nitro groups is 1. The molecule has 0 bridgehead atoms. The fourth-order valence-electron chi connectivity index (χ4n) is 3.77. The largest absolute Gasteiger partial charge is 0.496 e. The fraction of sp³-hybridized carbons (Fsp3) is 0.381. The van der Waals surface area contributed by atoms with Crippen LogP contribution in [0.4, 0.5) is 11.4 Å². The minimum Gasteiger partial charge on any atom is -0.496 e. The number of nitrogens with one attached hydrogen (secondary N) is 1. The summed E-state index contributed by atoms with van der Waals surface area (Å²) in [5.41, 5.74) is 6.74. The maximum absolute atomic E-state index is 12.8. The van der Waals surface area contributed by atoms with Gasteiger partial charge in [0.25, 0.3) is 11.6 Å². The summed E-state index contributed by atoms with van der Waals surface area (Å²) in [6.45, 7) is 4.71. The van der Waals surface area contributed by atoms with Gasteiger partial charge in [0, 0.05) is 37.8 Å². The van der Waals surface area contributed by atoms with Crippen LogP contribution in [0.25, 0.3) is 0 Å². The molecular weight excluding hydrogens is 372 g/mol. The molecule has 1 amide bonds. The molecule has 0 aromatic heterocycles. The average molecular weight is 398 g/mol. The van der Waals surface area contributed by atoms with Gasteiger partial charge in [0.2, 0.25) is 0 Å². The number of methoxy groups -OCH3 is 1. The number of piperidine rings is 1. The highest BCUT2D eigenvalue weighted by atomic mass is 16.6. The van der Waals surface area contributed by atoms with E-state index in [9.17, 15) is 14.9 Å². The van der Waals surface area contributed by atoms with Crippen LogP contribution < -0.4 is 15.8 Å². The molecule has 0 radical (unpaired) electrons. The van der Waals surface area contributed by atoms with Crippen LogP contribution in [0.3, 0.4) is 0 Å². The van der Waals surface area contributed by atoms with E-state index in [1.807, 2.05) is 18.2 Å². The van der Waals surface area contributed by atoms with E-state index >= 15 is 0 Å². The number of nitro benzene ring substituents is 1. The van der Waals surface area contributed by atoms with E-state index in [4.69, 9.17) is 10.5 Å². The smallest absolute Gasteiger partial charge is 0.293 e. The first-order valence-electron chi connectivity index (χ1n) is 9.58. The Balaban J connectivity index is 1.67. The van der Waals surface area contributed by atoms with Gasteiger partial charge in [0.1, 0.15) is 11.4 Å². The molecule has 1 heterocycles. The minimum absolute atomic E-state index is 0.0177. The van der Waals surface area contributed by atoms with Crippen molar-refractivity contribution in [2.75, 3.05) is 25.9 Å². The molecule has 0 aliphatic carbocycles. The fourth-order valence-corrected chi connectivity index (χ4v) is 3.77. The summed E-state index contributed by atoms with van der Waals surface area (Å²) in [7, 11) is 1.40. The number of ether oxygens (including phenoxy) is 1. The number of nitrogen functional groups attached to an aromatic ring is 1. The van der Waals surface area contributed by atoms with Crippen molar-refractivity contribution in [1.29, 1.82) is 0 Å². The van der Waals surface area contributed by atoms with Crippen LogP contribution in [0.1, 0.15) is 29.3 Å². The predicted molar refractivity (Wildman–Crippen MR) is 111 cm³/mol. The molecule has 2 unspecified atom stereocenters. The summed E-state index contributed by atoms with van der Waals surface area (Å²) < 4.78 is 5.21. The lowest BCUT2D eigenvalue weighted by atomic mass is 9.93. The summed E-state index contributed by atoms with van der Waals surface area (Å²) in [5.74, 6) is 0.0734. The zero-order valence-electron chi connectivity index (χ0n) is 16.6. The van der Waals surface area contributed by atoms with Crippen molar-refractivity contribution in [2.24, 2.45) is 5.92 Å². The highest BCUT2D eigenvalue weighted by Gasteiger charge is 2.29. The van der Waals surface area contributed by atoms with Crippen molar-refractivity contribution in [3.63, 3.8) is 0 Å². The molecule has 2 aromatic rings. The number of nitrogens with zero attached hydrogens (tertiary/aromatic N) is 2. The van der Waals surface area contributed by atoms with E-state index in [1.54, 1.807) is 0 Å². The summed E-state index contributed by atoms with van der Waals surface area (Å²) in [5, 5.41) is 14.2. The van der Waals surface area contributed by atoms with Gasteiger partial charge in [-0.25, -0.2) is 0 Å². The van der Waals surface area contributed by atoms with Crippen LogP contribution in [0, 0.1) is 16.0 Å². The first-order valence-corrected chi connectivity index (χ1v) is 9.58. The first-order chi connectivity index (χ1) is 13.9. The van der Waals surface area contributed by atoms with Gasteiger partial charge in [-0.3, -0.25) is 19.8 Å². The molecule has 0 spiro atoms. The number of anilines is 1. The lowest BCUT2D eigenvalue weighted by Gasteiger charge is -2.37. The van der Waals surface area contributed by atoms with E-state index in [0.717, 1.165) is 26.1 Å². The Morgan fingerprint density at radius 2 is 2.07 bits per heavy atom. The van der Waals surface area contributed by atoms with Crippen molar-refractivity contribution in [1.82, 2.24) is 10.2 Å². The van der Waals surface area contributed by atoms with Crippen LogP contribution in [-0.4, -0.2) is 42.0 Å². The number of amides is 1. The summed E-state index contributed by atoms with van der Waals surface area (Å²) in [6, 6.07) is 12.8. The van der Waals surface area contributed by atoms with Gasteiger partial charge in [-0.05, 0) is 17.9 Å². The Morgan fingerprint density at radius 3 is 2.69 bits per heavy atom. The Hall–Kier alpha value is -3.13. The minimum atomic E-state index is -0.601. The summed E-state index contributed by atoms with van der Waals surface area (Å²) in [4.78, 5) is 25.8. The zero-order valence-corrected chi connectivity index (χ0v) is 16.6. The number of hydrogen-bond donors (Lipinski definition) is 2. The summed E-state index contributed by atoms with van der Waals surface area (Å²) >= 11 is 0. The molecule has 29 heavy (non-hydrogen) atoms. The van der Waals surface area contributed by atoms with Gasteiger partial charge >= 0.3 is 0 Å². The molecule has 1 saturated heterocycles. The summed E-state index contributed by atoms with van der Waals surface area (Å²) in [6.07, 6.45) is 0.805. The van der Waals surface area contributed by atoms with E-state index in [1.165, 1.54) is 24.8 Å². The number of carbonyl (C=O) groups excluding carboxylic acids is 1. The van der Waals surface area contributed by atoms with Gasteiger partial charge in [-0.2, -0.15) is 0 Å². The Kier molecular flexibility index (Phi) is 6.33. The number of carbonyl (C=O) groups is 1. The van der Waals surface area contributed by atoms with Gasteiger partial charge in [-0.15, -0.1) is 0 Å². The third-order valence-corrected chi connectivity index (χ3v) is 5.35. The molecule has 8 heteroatoms. The Bertz CT molecular complexity index is 888. The maximum Gasteiger partial charge on any atom is 0.293 e. The molecule has 1 aliphatic heterocycles. The second kappa shape index (κ2) is 8.91. The van der Waals surface area contributed by atoms with Crippen LogP contribution >= 0.6 is 0 Å². The number of likely N-dealkylation sites (tertiary alicyclic amines) is 1. The molecule has 0 saturated carbocycles. The first kappa shape index (κ1) is 20.6. The van der Waals surface area contributed by atoms with E-state index < -0.39 is 10.8 Å². The number of hydrogen-bond acceptors (Lipinski definition) is 6. The zero-order chi connectivity index (χ0) is 21.0. The average Bonchev–Trinajstić information content (AvgIpc) is 2.70. The third-order valence-electron chi connectivity index (χ3n) is 5.35. The van der Waals surface area contributed by atoms with Gasteiger partial charge < -0.3 is 15.8 Å². The highest BCUT2D eigenvalue weighted by Crippen LogP contribution is 2.31. The molecule has 154 valence electrons. The Morgan fingerprint density at radius 1 is 1.34 bits per heavy atom. The second-order valence-corrected chi connectivity index (χ2v) is 7.44. The van der Waals surface area contributed by atoms with Crippen molar-refractivity contribution >= 4 is 17.3 Å². The lowest BCUT2D eigenvalue weighted by molar-refractivity contribution is -0.383.